The van der Waals surface area contributed by atoms with Crippen LogP contribution in [0.3, 0.4) is 0 Å². The molecule has 0 aliphatic heterocycles. The summed E-state index contributed by atoms with van der Waals surface area (Å²) >= 11 is 1.08. The number of esters is 1. The second-order valence-corrected chi connectivity index (χ2v) is 7.16. The number of rotatable bonds is 11. The molecule has 0 saturated carbocycles. The molecule has 0 heterocycles. The molecule has 0 aliphatic carbocycles. The van der Waals surface area contributed by atoms with Crippen LogP contribution >= 0.6 is 11.8 Å². The van der Waals surface area contributed by atoms with E-state index in [0.29, 0.717) is 31.1 Å². The van der Waals surface area contributed by atoms with E-state index in [0.717, 1.165) is 34.7 Å². The molecule has 2 aromatic carbocycles. The molecular formula is C23H24O6S. The van der Waals surface area contributed by atoms with Crippen LogP contribution in [0.2, 0.25) is 0 Å². The lowest BCUT2D eigenvalue weighted by atomic mass is 10.2. The summed E-state index contributed by atoms with van der Waals surface area (Å²) in [5, 5.41) is 9.16. The van der Waals surface area contributed by atoms with Crippen LogP contribution in [0.1, 0.15) is 18.4 Å². The van der Waals surface area contributed by atoms with Gasteiger partial charge in [0.1, 0.15) is 5.75 Å². The van der Waals surface area contributed by atoms with E-state index in [2.05, 4.69) is 6.58 Å². The Labute approximate surface area is 180 Å². The summed E-state index contributed by atoms with van der Waals surface area (Å²) in [4.78, 5) is 23.8. The van der Waals surface area contributed by atoms with Crippen molar-refractivity contribution in [2.24, 2.45) is 0 Å². The Hall–Kier alpha value is -3.19. The van der Waals surface area contributed by atoms with Crippen LogP contribution in [0.25, 0.3) is 6.08 Å². The Morgan fingerprint density at radius 1 is 1.07 bits per heavy atom. The van der Waals surface area contributed by atoms with Crippen molar-refractivity contribution in [2.75, 3.05) is 20.3 Å². The van der Waals surface area contributed by atoms with Crippen LogP contribution in [-0.4, -0.2) is 36.5 Å². The maximum Gasteiger partial charge on any atom is 0.330 e. The molecule has 6 nitrogen and oxygen atoms in total. The minimum absolute atomic E-state index is 0.128. The second kappa shape index (κ2) is 12.4. The molecule has 30 heavy (non-hydrogen) atoms. The molecule has 0 aromatic heterocycles. The number of benzene rings is 2. The molecule has 0 aliphatic rings. The maximum atomic E-state index is 12.1. The number of carbonyl (C=O) groups is 2. The zero-order chi connectivity index (χ0) is 21.8. The predicted molar refractivity (Wildman–Crippen MR) is 117 cm³/mol. The molecule has 0 saturated heterocycles. The number of methoxy groups -OCH3 is 1. The molecule has 0 fully saturated rings. The average Bonchev–Trinajstić information content (AvgIpc) is 2.76. The van der Waals surface area contributed by atoms with Gasteiger partial charge in [0, 0.05) is 11.0 Å². The van der Waals surface area contributed by atoms with Gasteiger partial charge in [-0.25, -0.2) is 4.79 Å². The van der Waals surface area contributed by atoms with E-state index in [-0.39, 0.29) is 10.9 Å². The molecule has 0 unspecified atom stereocenters. The van der Waals surface area contributed by atoms with Crippen molar-refractivity contribution < 1.29 is 28.9 Å². The van der Waals surface area contributed by atoms with Crippen LogP contribution in [0.4, 0.5) is 0 Å². The van der Waals surface area contributed by atoms with Gasteiger partial charge in [-0.1, -0.05) is 18.7 Å². The highest BCUT2D eigenvalue weighted by Gasteiger charge is 2.06. The van der Waals surface area contributed by atoms with Crippen LogP contribution in [-0.2, 0) is 14.3 Å². The molecular weight excluding hydrogens is 404 g/mol. The highest BCUT2D eigenvalue weighted by Crippen LogP contribution is 2.29. The van der Waals surface area contributed by atoms with E-state index in [1.165, 1.54) is 18.2 Å². The van der Waals surface area contributed by atoms with E-state index < -0.39 is 5.97 Å². The molecule has 2 rings (SSSR count). The van der Waals surface area contributed by atoms with Crippen molar-refractivity contribution in [1.29, 1.82) is 0 Å². The summed E-state index contributed by atoms with van der Waals surface area (Å²) < 4.78 is 16.0. The fraction of sp³-hybridized carbons (Fsp3) is 0.217. The Kier molecular flexibility index (Phi) is 9.54. The maximum absolute atomic E-state index is 12.1. The fourth-order valence-electron chi connectivity index (χ4n) is 2.35. The number of unbranched alkanes of at least 4 members (excludes halogenated alkanes) is 1. The molecule has 0 amide bonds. The Morgan fingerprint density at radius 2 is 1.80 bits per heavy atom. The van der Waals surface area contributed by atoms with Crippen molar-refractivity contribution in [3.63, 3.8) is 0 Å². The van der Waals surface area contributed by atoms with Crippen LogP contribution in [0.15, 0.2) is 66.1 Å². The summed E-state index contributed by atoms with van der Waals surface area (Å²) in [6, 6.07) is 11.9. The summed E-state index contributed by atoms with van der Waals surface area (Å²) in [6.07, 6.45) is 5.73. The van der Waals surface area contributed by atoms with E-state index in [1.807, 2.05) is 6.07 Å². The number of aromatic hydroxyl groups is 1. The molecule has 0 atom stereocenters. The summed E-state index contributed by atoms with van der Waals surface area (Å²) in [5.41, 5.74) is 0.801. The van der Waals surface area contributed by atoms with Crippen molar-refractivity contribution >= 4 is 28.9 Å². The number of phenols is 1. The van der Waals surface area contributed by atoms with Crippen molar-refractivity contribution in [2.45, 2.75) is 17.7 Å². The third-order valence-corrected chi connectivity index (χ3v) is 4.71. The zero-order valence-corrected chi connectivity index (χ0v) is 17.5. The Balaban J connectivity index is 1.84. The van der Waals surface area contributed by atoms with E-state index >= 15 is 0 Å². The summed E-state index contributed by atoms with van der Waals surface area (Å²) in [6.45, 7) is 4.12. The van der Waals surface area contributed by atoms with Crippen molar-refractivity contribution in [3.05, 3.63) is 66.8 Å². The topological polar surface area (TPSA) is 82.1 Å². The molecule has 0 radical (unpaired) electrons. The van der Waals surface area contributed by atoms with Gasteiger partial charge in [0.2, 0.25) is 5.12 Å². The highest BCUT2D eigenvalue weighted by molar-refractivity contribution is 8.14. The van der Waals surface area contributed by atoms with Crippen molar-refractivity contribution in [1.82, 2.24) is 0 Å². The van der Waals surface area contributed by atoms with Crippen LogP contribution in [0.5, 0.6) is 17.2 Å². The average molecular weight is 429 g/mol. The van der Waals surface area contributed by atoms with E-state index in [1.54, 1.807) is 37.5 Å². The highest BCUT2D eigenvalue weighted by atomic mass is 32.2. The largest absolute Gasteiger partial charge is 0.508 e. The lowest BCUT2D eigenvalue weighted by Gasteiger charge is -2.11. The number of ether oxygens (including phenoxy) is 3. The zero-order valence-electron chi connectivity index (χ0n) is 16.7. The number of hydrogen-bond donors (Lipinski definition) is 1. The number of phenolic OH excluding ortho intramolecular Hbond substituents is 1. The number of hydrogen-bond acceptors (Lipinski definition) is 7. The molecule has 158 valence electrons. The summed E-state index contributed by atoms with van der Waals surface area (Å²) in [5.74, 6) is 0.894. The van der Waals surface area contributed by atoms with Gasteiger partial charge < -0.3 is 19.3 Å². The first-order valence-electron chi connectivity index (χ1n) is 9.31. The molecule has 7 heteroatoms. The standard InChI is InChI=1S/C23H24O6S/c1-3-22(25)29-15-5-4-14-28-20-12-6-17(16-21(20)27-2)7-13-23(26)30-19-10-8-18(24)9-11-19/h3,6-13,16,24H,1,4-5,14-15H2,2H3/b13-7+. The van der Waals surface area contributed by atoms with Crippen LogP contribution in [0, 0.1) is 0 Å². The lowest BCUT2D eigenvalue weighted by molar-refractivity contribution is -0.137. The molecule has 0 bridgehead atoms. The van der Waals surface area contributed by atoms with Crippen LogP contribution < -0.4 is 9.47 Å². The van der Waals surface area contributed by atoms with Gasteiger partial charge in [-0.2, -0.15) is 0 Å². The lowest BCUT2D eigenvalue weighted by Crippen LogP contribution is -2.05. The van der Waals surface area contributed by atoms with Gasteiger partial charge in [0.25, 0.3) is 0 Å². The van der Waals surface area contributed by atoms with E-state index in [9.17, 15) is 14.7 Å². The van der Waals surface area contributed by atoms with Crippen molar-refractivity contribution in [3.8, 4) is 17.2 Å². The second-order valence-electron chi connectivity index (χ2n) is 6.09. The quantitative estimate of drug-likeness (QED) is 0.242. The first kappa shape index (κ1) is 23.1. The molecule has 0 spiro atoms. The first-order valence-corrected chi connectivity index (χ1v) is 10.1. The predicted octanol–water partition coefficient (Wildman–Crippen LogP) is 4.62. The Bertz CT molecular complexity index is 889. The Morgan fingerprint density at radius 3 is 2.50 bits per heavy atom. The monoisotopic (exact) mass is 428 g/mol. The minimum atomic E-state index is -0.429. The van der Waals surface area contributed by atoms with E-state index in [4.69, 9.17) is 14.2 Å². The molecule has 1 N–H and O–H groups in total. The van der Waals surface area contributed by atoms with Gasteiger partial charge in [-0.15, -0.1) is 0 Å². The fourth-order valence-corrected chi connectivity index (χ4v) is 2.99. The van der Waals surface area contributed by atoms with Gasteiger partial charge >= 0.3 is 5.97 Å². The molecule has 2 aromatic rings. The number of thioether (sulfide) groups is 1. The van der Waals surface area contributed by atoms with Gasteiger partial charge in [-0.05, 0) is 72.6 Å². The third kappa shape index (κ3) is 8.05. The third-order valence-electron chi connectivity index (χ3n) is 3.86. The number of carbonyl (C=O) groups excluding carboxylic acids is 2. The SMILES string of the molecule is C=CC(=O)OCCCCOc1ccc(/C=C/C(=O)Sc2ccc(O)cc2)cc1OC. The minimum Gasteiger partial charge on any atom is -0.508 e. The van der Waals surface area contributed by atoms with Gasteiger partial charge in [0.15, 0.2) is 11.5 Å². The summed E-state index contributed by atoms with van der Waals surface area (Å²) in [7, 11) is 1.55. The van der Waals surface area contributed by atoms with Gasteiger partial charge in [-0.3, -0.25) is 4.79 Å². The smallest absolute Gasteiger partial charge is 0.330 e. The normalized spacial score (nSPS) is 10.6. The van der Waals surface area contributed by atoms with Gasteiger partial charge in [0.05, 0.1) is 20.3 Å². The first-order chi connectivity index (χ1) is 14.5.